The van der Waals surface area contributed by atoms with Gasteiger partial charge in [-0.2, -0.15) is 0 Å². The fourth-order valence-corrected chi connectivity index (χ4v) is 0.931. The van der Waals surface area contributed by atoms with Gasteiger partial charge in [0.05, 0.1) is 6.61 Å². The Balaban J connectivity index is 3.47. The van der Waals surface area contributed by atoms with Crippen molar-refractivity contribution in [3.8, 4) is 0 Å². The lowest BCUT2D eigenvalue weighted by molar-refractivity contribution is -0.430. The lowest BCUT2D eigenvalue weighted by Crippen LogP contribution is -2.63. The lowest BCUT2D eigenvalue weighted by atomic mass is 9.89. The van der Waals surface area contributed by atoms with Gasteiger partial charge in [0.2, 0.25) is 0 Å². The second-order valence-corrected chi connectivity index (χ2v) is 3.81. The molecule has 4 N–H and O–H groups in total. The maximum absolute atomic E-state index is 8.64. The fourth-order valence-electron chi connectivity index (χ4n) is 0.931. The van der Waals surface area contributed by atoms with E-state index in [-0.39, 0.29) is 12.6 Å². The average Bonchev–Trinajstić information content (AvgIpc) is 1.62. The van der Waals surface area contributed by atoms with E-state index in [9.17, 15) is 0 Å². The van der Waals surface area contributed by atoms with E-state index >= 15 is 0 Å². The molecule has 0 aliphatic rings. The SMILES string of the molecule is CC(C)(C)C[C@H]([NH3+])CO. The molecule has 0 rings (SSSR count). The Bertz CT molecular complexity index is 75.5. The van der Waals surface area contributed by atoms with Crippen molar-refractivity contribution in [1.82, 2.24) is 0 Å². The molecule has 0 amide bonds. The van der Waals surface area contributed by atoms with Gasteiger partial charge in [0, 0.05) is 6.42 Å². The Kier molecular flexibility index (Phi) is 3.15. The topological polar surface area (TPSA) is 47.9 Å². The zero-order valence-electron chi connectivity index (χ0n) is 6.65. The normalized spacial score (nSPS) is 15.7. The number of aliphatic hydroxyl groups excluding tert-OH is 1. The second-order valence-electron chi connectivity index (χ2n) is 3.81. The Morgan fingerprint density at radius 2 is 1.89 bits per heavy atom. The van der Waals surface area contributed by atoms with E-state index in [0.717, 1.165) is 6.42 Å². The number of quaternary nitrogens is 1. The van der Waals surface area contributed by atoms with Crippen LogP contribution in [-0.2, 0) is 0 Å². The van der Waals surface area contributed by atoms with Crippen molar-refractivity contribution >= 4 is 0 Å². The van der Waals surface area contributed by atoms with E-state index < -0.39 is 0 Å². The number of hydrogen-bond donors (Lipinski definition) is 2. The molecule has 0 saturated heterocycles. The third kappa shape index (κ3) is 5.80. The van der Waals surface area contributed by atoms with Crippen LogP contribution >= 0.6 is 0 Å². The molecular formula is C7H18NO+. The summed E-state index contributed by atoms with van der Waals surface area (Å²) in [5.41, 5.74) is 4.09. The van der Waals surface area contributed by atoms with Crippen molar-refractivity contribution in [3.63, 3.8) is 0 Å². The molecule has 2 nitrogen and oxygen atoms in total. The highest BCUT2D eigenvalue weighted by atomic mass is 16.3. The fraction of sp³-hybridized carbons (Fsp3) is 1.00. The van der Waals surface area contributed by atoms with Gasteiger partial charge in [-0.05, 0) is 5.41 Å². The van der Waals surface area contributed by atoms with Crippen LogP contribution in [-0.4, -0.2) is 17.8 Å². The molecule has 0 unspecified atom stereocenters. The molecule has 2 heteroatoms. The summed E-state index contributed by atoms with van der Waals surface area (Å²) >= 11 is 0. The van der Waals surface area contributed by atoms with E-state index in [1.807, 2.05) is 0 Å². The predicted octanol–water partition coefficient (Wildman–Crippen LogP) is 0.0254. The Hall–Kier alpha value is -0.0800. The molecule has 0 aliphatic heterocycles. The minimum atomic E-state index is 0.199. The van der Waals surface area contributed by atoms with Gasteiger partial charge in [-0.25, -0.2) is 0 Å². The van der Waals surface area contributed by atoms with Crippen LogP contribution in [0.1, 0.15) is 27.2 Å². The zero-order chi connectivity index (χ0) is 7.49. The molecule has 0 aromatic heterocycles. The minimum Gasteiger partial charge on any atom is -0.390 e. The van der Waals surface area contributed by atoms with Crippen molar-refractivity contribution < 1.29 is 10.8 Å². The first-order valence-electron chi connectivity index (χ1n) is 3.39. The summed E-state index contributed by atoms with van der Waals surface area (Å²) in [5.74, 6) is 0. The molecule has 0 heterocycles. The molecule has 0 radical (unpaired) electrons. The molecule has 0 aromatic rings. The van der Waals surface area contributed by atoms with Gasteiger partial charge < -0.3 is 10.8 Å². The van der Waals surface area contributed by atoms with Crippen molar-refractivity contribution in [2.24, 2.45) is 5.41 Å². The zero-order valence-corrected chi connectivity index (χ0v) is 6.65. The van der Waals surface area contributed by atoms with Crippen molar-refractivity contribution in [2.45, 2.75) is 33.2 Å². The van der Waals surface area contributed by atoms with Crippen LogP contribution < -0.4 is 5.73 Å². The van der Waals surface area contributed by atoms with Gasteiger partial charge >= 0.3 is 0 Å². The van der Waals surface area contributed by atoms with Crippen molar-refractivity contribution in [2.75, 3.05) is 6.61 Å². The maximum atomic E-state index is 8.64. The molecule has 0 aliphatic carbocycles. The third-order valence-electron chi connectivity index (χ3n) is 1.16. The lowest BCUT2D eigenvalue weighted by Gasteiger charge is -2.19. The quantitative estimate of drug-likeness (QED) is 0.547. The highest BCUT2D eigenvalue weighted by molar-refractivity contribution is 4.65. The Morgan fingerprint density at radius 1 is 1.44 bits per heavy atom. The van der Waals surface area contributed by atoms with Crippen LogP contribution in [0.5, 0.6) is 0 Å². The minimum absolute atomic E-state index is 0.199. The van der Waals surface area contributed by atoms with E-state index in [1.54, 1.807) is 0 Å². The van der Waals surface area contributed by atoms with Gasteiger partial charge in [-0.1, -0.05) is 20.8 Å². The van der Waals surface area contributed by atoms with Gasteiger partial charge in [0.15, 0.2) is 0 Å². The molecule has 9 heavy (non-hydrogen) atoms. The van der Waals surface area contributed by atoms with Crippen LogP contribution in [0.2, 0.25) is 0 Å². The average molecular weight is 132 g/mol. The molecule has 0 aromatic carbocycles. The van der Waals surface area contributed by atoms with Crippen LogP contribution in [0.4, 0.5) is 0 Å². The molecule has 56 valence electrons. The predicted molar refractivity (Wildman–Crippen MR) is 37.8 cm³/mol. The second kappa shape index (κ2) is 3.18. The Labute approximate surface area is 57.1 Å². The van der Waals surface area contributed by atoms with Gasteiger partial charge in [0.25, 0.3) is 0 Å². The molecule has 0 fully saturated rings. The summed E-state index contributed by atoms with van der Waals surface area (Å²) < 4.78 is 0. The number of aliphatic hydroxyl groups is 1. The smallest absolute Gasteiger partial charge is 0.108 e. The van der Waals surface area contributed by atoms with E-state index in [2.05, 4.69) is 26.5 Å². The van der Waals surface area contributed by atoms with Gasteiger partial charge in [-0.15, -0.1) is 0 Å². The first-order chi connectivity index (χ1) is 3.95. The monoisotopic (exact) mass is 132 g/mol. The summed E-state index contributed by atoms with van der Waals surface area (Å²) in [7, 11) is 0. The highest BCUT2D eigenvalue weighted by Gasteiger charge is 2.16. The third-order valence-corrected chi connectivity index (χ3v) is 1.16. The van der Waals surface area contributed by atoms with Crippen molar-refractivity contribution in [3.05, 3.63) is 0 Å². The summed E-state index contributed by atoms with van der Waals surface area (Å²) in [6.45, 7) is 6.67. The highest BCUT2D eigenvalue weighted by Crippen LogP contribution is 2.18. The molecular weight excluding hydrogens is 114 g/mol. The standard InChI is InChI=1S/C7H17NO/c1-7(2,3)4-6(8)5-9/h6,9H,4-5,8H2,1-3H3/p+1/t6-/m0/s1. The molecule has 1 atom stereocenters. The largest absolute Gasteiger partial charge is 0.390 e. The van der Waals surface area contributed by atoms with Crippen LogP contribution in [0.15, 0.2) is 0 Å². The van der Waals surface area contributed by atoms with E-state index in [4.69, 9.17) is 5.11 Å². The van der Waals surface area contributed by atoms with Crippen LogP contribution in [0.25, 0.3) is 0 Å². The number of hydrogen-bond acceptors (Lipinski definition) is 1. The summed E-state index contributed by atoms with van der Waals surface area (Å²) in [5, 5.41) is 8.64. The maximum Gasteiger partial charge on any atom is 0.108 e. The number of rotatable bonds is 2. The molecule has 0 spiro atoms. The summed E-state index contributed by atoms with van der Waals surface area (Å²) in [6.07, 6.45) is 0.990. The van der Waals surface area contributed by atoms with E-state index in [0.29, 0.717) is 5.41 Å². The van der Waals surface area contributed by atoms with Gasteiger partial charge in [-0.3, -0.25) is 0 Å². The van der Waals surface area contributed by atoms with E-state index in [1.165, 1.54) is 0 Å². The van der Waals surface area contributed by atoms with Crippen LogP contribution in [0.3, 0.4) is 0 Å². The molecule has 0 saturated carbocycles. The first-order valence-corrected chi connectivity index (χ1v) is 3.39. The van der Waals surface area contributed by atoms with Crippen LogP contribution in [0, 0.1) is 5.41 Å². The first kappa shape index (κ1) is 8.92. The van der Waals surface area contributed by atoms with Gasteiger partial charge in [0.1, 0.15) is 6.04 Å². The summed E-state index contributed by atoms with van der Waals surface area (Å²) in [4.78, 5) is 0. The Morgan fingerprint density at radius 3 is 2.00 bits per heavy atom. The van der Waals surface area contributed by atoms with Crippen molar-refractivity contribution in [1.29, 1.82) is 0 Å². The molecule has 0 bridgehead atoms. The summed E-state index contributed by atoms with van der Waals surface area (Å²) in [6, 6.07) is 0.199.